The molecule has 0 N–H and O–H groups in total. The average molecular weight is 121 g/mol. The first-order chi connectivity index (χ1) is 4.47. The first-order valence-electron chi connectivity index (χ1n) is 2.75. The minimum absolute atomic E-state index is 0.610. The lowest BCUT2D eigenvalue weighted by atomic mass is 10.3. The highest BCUT2D eigenvalue weighted by molar-refractivity contribution is 5.27. The van der Waals surface area contributed by atoms with Crippen molar-refractivity contribution in [3.8, 4) is 0 Å². The van der Waals surface area contributed by atoms with E-state index in [1.807, 2.05) is 6.08 Å². The fraction of sp³-hybridized carbons (Fsp3) is 0.143. The van der Waals surface area contributed by atoms with Crippen LogP contribution in [-0.4, -0.2) is 6.61 Å². The van der Waals surface area contributed by atoms with Crippen LogP contribution in [0.1, 0.15) is 0 Å². The van der Waals surface area contributed by atoms with E-state index in [-0.39, 0.29) is 0 Å². The number of rotatable bonds is 0. The second-order valence-electron chi connectivity index (χ2n) is 1.77. The average Bonchev–Trinajstić information content (AvgIpc) is 2.33. The molecule has 2 aliphatic rings. The minimum atomic E-state index is 0.610. The molecule has 45 valence electrons. The molecule has 2 heterocycles. The zero-order valence-corrected chi connectivity index (χ0v) is 4.76. The van der Waals surface area contributed by atoms with Crippen LogP contribution >= 0.6 is 0 Å². The molecule has 2 rings (SSSR count). The first kappa shape index (κ1) is 4.68. The van der Waals surface area contributed by atoms with Crippen LogP contribution < -0.4 is 0 Å². The van der Waals surface area contributed by atoms with Crippen molar-refractivity contribution >= 4 is 0 Å². The molecule has 2 aliphatic heterocycles. The van der Waals surface area contributed by atoms with Gasteiger partial charge in [0.2, 0.25) is 0 Å². The van der Waals surface area contributed by atoms with Crippen molar-refractivity contribution < 1.29 is 9.47 Å². The predicted molar refractivity (Wildman–Crippen MR) is 31.0 cm³/mol. The highest BCUT2D eigenvalue weighted by atomic mass is 16.5. The molecule has 0 saturated heterocycles. The van der Waals surface area contributed by atoms with Crippen molar-refractivity contribution in [3.05, 3.63) is 36.0 Å². The quantitative estimate of drug-likeness (QED) is 0.478. The van der Waals surface area contributed by atoms with Crippen LogP contribution in [0.3, 0.4) is 0 Å². The van der Waals surface area contributed by atoms with Crippen LogP contribution in [0, 0.1) is 6.08 Å². The van der Waals surface area contributed by atoms with E-state index in [0.717, 1.165) is 11.5 Å². The van der Waals surface area contributed by atoms with Gasteiger partial charge in [0.25, 0.3) is 0 Å². The molecule has 0 atom stereocenters. The second-order valence-corrected chi connectivity index (χ2v) is 1.77. The minimum Gasteiger partial charge on any atom is -0.485 e. The van der Waals surface area contributed by atoms with Crippen LogP contribution in [0.4, 0.5) is 0 Å². The van der Waals surface area contributed by atoms with E-state index in [0.29, 0.717) is 6.61 Å². The van der Waals surface area contributed by atoms with E-state index >= 15 is 0 Å². The van der Waals surface area contributed by atoms with E-state index < -0.39 is 0 Å². The molecule has 0 fully saturated rings. The van der Waals surface area contributed by atoms with Crippen LogP contribution in [0.25, 0.3) is 0 Å². The summed E-state index contributed by atoms with van der Waals surface area (Å²) in [6.45, 7) is 0.610. The largest absolute Gasteiger partial charge is 0.485 e. The van der Waals surface area contributed by atoms with E-state index in [9.17, 15) is 0 Å². The maximum Gasteiger partial charge on any atom is 0.170 e. The Hall–Kier alpha value is -1.18. The van der Waals surface area contributed by atoms with Gasteiger partial charge in [0.1, 0.15) is 6.61 Å². The van der Waals surface area contributed by atoms with Crippen molar-refractivity contribution in [1.29, 1.82) is 0 Å². The summed E-state index contributed by atoms with van der Waals surface area (Å²) < 4.78 is 10.2. The molecule has 0 spiro atoms. The Morgan fingerprint density at radius 3 is 3.44 bits per heavy atom. The molecule has 1 radical (unpaired) electrons. The Morgan fingerprint density at radius 1 is 1.56 bits per heavy atom. The molecule has 9 heavy (non-hydrogen) atoms. The molecule has 0 aromatic rings. The zero-order valence-electron chi connectivity index (χ0n) is 4.76. The number of ether oxygens (including phenoxy) is 2. The normalized spacial score (nSPS) is 21.3. The number of fused-ring (bicyclic) bond motifs is 1. The van der Waals surface area contributed by atoms with Crippen molar-refractivity contribution in [2.45, 2.75) is 0 Å². The maximum atomic E-state index is 5.09. The van der Waals surface area contributed by atoms with Gasteiger partial charge in [0, 0.05) is 6.08 Å². The fourth-order valence-corrected chi connectivity index (χ4v) is 0.796. The molecule has 0 amide bonds. The van der Waals surface area contributed by atoms with Gasteiger partial charge in [-0.1, -0.05) is 0 Å². The monoisotopic (exact) mass is 121 g/mol. The second kappa shape index (κ2) is 1.65. The molecular weight excluding hydrogens is 116 g/mol. The smallest absolute Gasteiger partial charge is 0.170 e. The molecule has 2 heteroatoms. The van der Waals surface area contributed by atoms with E-state index in [1.54, 1.807) is 12.3 Å². The molecular formula is C7H5O2. The predicted octanol–water partition coefficient (Wildman–Crippen LogP) is 1.13. The summed E-state index contributed by atoms with van der Waals surface area (Å²) in [5, 5.41) is 0. The lowest BCUT2D eigenvalue weighted by Crippen LogP contribution is -1.91. The number of hydrogen-bond acceptors (Lipinski definition) is 2. The number of allylic oxidation sites excluding steroid dienone is 2. The van der Waals surface area contributed by atoms with Gasteiger partial charge < -0.3 is 9.47 Å². The van der Waals surface area contributed by atoms with Crippen LogP contribution in [0.15, 0.2) is 29.9 Å². The Morgan fingerprint density at radius 2 is 2.56 bits per heavy atom. The van der Waals surface area contributed by atoms with E-state index in [1.165, 1.54) is 0 Å². The molecule has 0 unspecified atom stereocenters. The summed E-state index contributed by atoms with van der Waals surface area (Å²) in [6, 6.07) is 0. The lowest BCUT2D eigenvalue weighted by molar-refractivity contribution is 0.241. The third kappa shape index (κ3) is 0.633. The topological polar surface area (TPSA) is 18.5 Å². The van der Waals surface area contributed by atoms with Crippen LogP contribution in [-0.2, 0) is 9.47 Å². The Kier molecular flexibility index (Phi) is 0.859. The number of hydrogen-bond donors (Lipinski definition) is 0. The standard InChI is InChI=1S/C7H5O2/c1-2-6-7(8-4-1)3-5-9-6/h1,3-4H,5H2. The summed E-state index contributed by atoms with van der Waals surface area (Å²) >= 11 is 0. The third-order valence-electron chi connectivity index (χ3n) is 1.20. The van der Waals surface area contributed by atoms with Gasteiger partial charge in [-0.05, 0) is 12.2 Å². The van der Waals surface area contributed by atoms with E-state index in [2.05, 4.69) is 6.08 Å². The van der Waals surface area contributed by atoms with Crippen molar-refractivity contribution in [2.24, 2.45) is 0 Å². The molecule has 0 aromatic heterocycles. The van der Waals surface area contributed by atoms with Crippen molar-refractivity contribution in [3.63, 3.8) is 0 Å². The highest BCUT2D eigenvalue weighted by Gasteiger charge is 2.14. The Labute approximate surface area is 53.1 Å². The summed E-state index contributed by atoms with van der Waals surface area (Å²) in [5.41, 5.74) is 0. The van der Waals surface area contributed by atoms with Gasteiger partial charge in [-0.15, -0.1) is 0 Å². The van der Waals surface area contributed by atoms with Crippen molar-refractivity contribution in [1.82, 2.24) is 0 Å². The summed E-state index contributed by atoms with van der Waals surface area (Å²) in [4.78, 5) is 0. The van der Waals surface area contributed by atoms with Gasteiger partial charge in [-0.2, -0.15) is 0 Å². The molecule has 0 aromatic carbocycles. The Bertz CT molecular complexity index is 211. The summed E-state index contributed by atoms with van der Waals surface area (Å²) in [5.74, 6) is 1.51. The highest BCUT2D eigenvalue weighted by Crippen LogP contribution is 2.21. The van der Waals surface area contributed by atoms with Gasteiger partial charge in [0.15, 0.2) is 11.5 Å². The molecule has 0 aliphatic carbocycles. The van der Waals surface area contributed by atoms with Gasteiger partial charge >= 0.3 is 0 Å². The summed E-state index contributed by atoms with van der Waals surface area (Å²) in [7, 11) is 0. The lowest BCUT2D eigenvalue weighted by Gasteiger charge is -2.05. The van der Waals surface area contributed by atoms with Crippen molar-refractivity contribution in [2.75, 3.05) is 6.61 Å². The SMILES string of the molecule is [C]1=C2OCC=C2OC=C1. The molecule has 2 nitrogen and oxygen atoms in total. The Balaban J connectivity index is 2.37. The molecule has 0 bridgehead atoms. The van der Waals surface area contributed by atoms with Crippen LogP contribution in [0.2, 0.25) is 0 Å². The fourth-order valence-electron chi connectivity index (χ4n) is 0.796. The van der Waals surface area contributed by atoms with Gasteiger partial charge in [-0.25, -0.2) is 0 Å². The third-order valence-corrected chi connectivity index (χ3v) is 1.20. The zero-order chi connectivity index (χ0) is 6.10. The van der Waals surface area contributed by atoms with Crippen LogP contribution in [0.5, 0.6) is 0 Å². The summed E-state index contributed by atoms with van der Waals surface area (Å²) in [6.07, 6.45) is 8.06. The van der Waals surface area contributed by atoms with Gasteiger partial charge in [-0.3, -0.25) is 0 Å². The maximum absolute atomic E-state index is 5.09. The van der Waals surface area contributed by atoms with Gasteiger partial charge in [0.05, 0.1) is 6.26 Å². The van der Waals surface area contributed by atoms with E-state index in [4.69, 9.17) is 9.47 Å². The first-order valence-corrected chi connectivity index (χ1v) is 2.75. The molecule has 0 saturated carbocycles.